The number of benzene rings is 1. The van der Waals surface area contributed by atoms with Gasteiger partial charge in [-0.2, -0.15) is 5.10 Å². The molecule has 8 heteroatoms. The van der Waals surface area contributed by atoms with Crippen LogP contribution in [-0.4, -0.2) is 59.1 Å². The van der Waals surface area contributed by atoms with E-state index >= 15 is 0 Å². The van der Waals surface area contributed by atoms with Crippen LogP contribution in [0.3, 0.4) is 0 Å². The summed E-state index contributed by atoms with van der Waals surface area (Å²) in [4.78, 5) is 23.9. The van der Waals surface area contributed by atoms with Crippen molar-refractivity contribution in [3.63, 3.8) is 0 Å². The number of rotatable bonds is 8. The molecule has 0 aliphatic heterocycles. The lowest BCUT2D eigenvalue weighted by molar-refractivity contribution is -0.149. The third kappa shape index (κ3) is 4.81. The van der Waals surface area contributed by atoms with Gasteiger partial charge in [-0.15, -0.1) is 0 Å². The number of aliphatic carboxylic acids is 1. The quantitative estimate of drug-likeness (QED) is 0.715. The molecule has 2 aromatic rings. The van der Waals surface area contributed by atoms with E-state index in [0.717, 1.165) is 5.75 Å². The van der Waals surface area contributed by atoms with Crippen molar-refractivity contribution in [2.24, 2.45) is 0 Å². The van der Waals surface area contributed by atoms with Crippen molar-refractivity contribution < 1.29 is 19.4 Å². The standard InChI is InChI=1S/C17H24N2O5S/c1-23-16(17(21)22)14-15(20)12-7-5-6-8-13(12)19(18-14)11-24-9-10-25(2,3)4/h5-8,16H,9-11H2,1-4H3,(H,21,22). The second kappa shape index (κ2) is 7.99. The zero-order valence-electron chi connectivity index (χ0n) is 14.9. The van der Waals surface area contributed by atoms with E-state index in [1.807, 2.05) is 0 Å². The van der Waals surface area contributed by atoms with Crippen LogP contribution in [0.5, 0.6) is 0 Å². The number of ether oxygens (including phenoxy) is 2. The van der Waals surface area contributed by atoms with Crippen molar-refractivity contribution in [3.05, 3.63) is 40.2 Å². The molecule has 0 aliphatic rings. The van der Waals surface area contributed by atoms with Crippen molar-refractivity contribution in [2.45, 2.75) is 12.8 Å². The third-order valence-corrected chi connectivity index (χ3v) is 5.04. The Morgan fingerprint density at radius 1 is 1.32 bits per heavy atom. The summed E-state index contributed by atoms with van der Waals surface area (Å²) < 4.78 is 12.2. The van der Waals surface area contributed by atoms with Crippen LogP contribution in [-0.2, 0) is 21.0 Å². The zero-order chi connectivity index (χ0) is 18.6. The summed E-state index contributed by atoms with van der Waals surface area (Å²) in [5.41, 5.74) is -0.00131. The van der Waals surface area contributed by atoms with Crippen LogP contribution in [0.4, 0.5) is 0 Å². The van der Waals surface area contributed by atoms with Crippen LogP contribution in [0.25, 0.3) is 10.9 Å². The average Bonchev–Trinajstić information content (AvgIpc) is 2.54. The first-order chi connectivity index (χ1) is 11.7. The maximum Gasteiger partial charge on any atom is 0.339 e. The lowest BCUT2D eigenvalue weighted by Gasteiger charge is -2.24. The van der Waals surface area contributed by atoms with Crippen molar-refractivity contribution in [1.29, 1.82) is 0 Å². The summed E-state index contributed by atoms with van der Waals surface area (Å²) in [6, 6.07) is 6.93. The molecule has 0 saturated carbocycles. The van der Waals surface area contributed by atoms with Crippen LogP contribution < -0.4 is 5.43 Å². The highest BCUT2D eigenvalue weighted by atomic mass is 32.3. The van der Waals surface area contributed by atoms with Crippen LogP contribution in [0, 0.1) is 0 Å². The molecule has 1 atom stereocenters. The van der Waals surface area contributed by atoms with Gasteiger partial charge in [0.05, 0.1) is 12.1 Å². The van der Waals surface area contributed by atoms with E-state index in [9.17, 15) is 14.7 Å². The first-order valence-corrected chi connectivity index (χ1v) is 10.8. The summed E-state index contributed by atoms with van der Waals surface area (Å²) in [5.74, 6) is -0.306. The Balaban J connectivity index is 2.39. The number of nitrogens with zero attached hydrogens (tertiary/aromatic N) is 2. The highest BCUT2D eigenvalue weighted by Gasteiger charge is 2.26. The van der Waals surface area contributed by atoms with Crippen molar-refractivity contribution >= 4 is 26.9 Å². The Morgan fingerprint density at radius 3 is 2.60 bits per heavy atom. The summed E-state index contributed by atoms with van der Waals surface area (Å²) in [5, 5.41) is 13.9. The molecule has 1 heterocycles. The molecule has 1 aromatic heterocycles. The van der Waals surface area contributed by atoms with Gasteiger partial charge in [0.2, 0.25) is 11.5 Å². The SMILES string of the molecule is COC(C(=O)O)c1nn(COCCS(C)(C)C)c2ccccc2c1=O. The van der Waals surface area contributed by atoms with Crippen molar-refractivity contribution in [2.75, 3.05) is 38.2 Å². The van der Waals surface area contributed by atoms with Crippen LogP contribution >= 0.6 is 10.0 Å². The number of para-hydroxylation sites is 1. The molecule has 0 radical (unpaired) electrons. The molecular weight excluding hydrogens is 344 g/mol. The van der Waals surface area contributed by atoms with Gasteiger partial charge in [0.1, 0.15) is 12.4 Å². The van der Waals surface area contributed by atoms with Gasteiger partial charge >= 0.3 is 5.97 Å². The lowest BCUT2D eigenvalue weighted by Crippen LogP contribution is -2.27. The fourth-order valence-electron chi connectivity index (χ4n) is 2.32. The molecule has 1 unspecified atom stereocenters. The summed E-state index contributed by atoms with van der Waals surface area (Å²) >= 11 is 0. The number of aromatic nitrogens is 2. The predicted molar refractivity (Wildman–Crippen MR) is 99.6 cm³/mol. The van der Waals surface area contributed by atoms with E-state index in [0.29, 0.717) is 17.5 Å². The molecule has 25 heavy (non-hydrogen) atoms. The van der Waals surface area contributed by atoms with E-state index in [4.69, 9.17) is 9.47 Å². The number of carboxylic acid groups (broad SMARTS) is 1. The normalized spacial score (nSPS) is 13.8. The van der Waals surface area contributed by atoms with Gasteiger partial charge in [-0.05, 0) is 30.9 Å². The van der Waals surface area contributed by atoms with Gasteiger partial charge in [0.15, 0.2) is 0 Å². The third-order valence-electron chi connectivity index (χ3n) is 3.65. The maximum absolute atomic E-state index is 12.6. The molecule has 0 saturated heterocycles. The summed E-state index contributed by atoms with van der Waals surface area (Å²) in [6.45, 7) is 0.711. The maximum atomic E-state index is 12.6. The first kappa shape index (κ1) is 19.4. The molecule has 0 spiro atoms. The van der Waals surface area contributed by atoms with Crippen LogP contribution in [0.1, 0.15) is 11.8 Å². The Morgan fingerprint density at radius 2 is 2.00 bits per heavy atom. The molecule has 138 valence electrons. The van der Waals surface area contributed by atoms with Gasteiger partial charge in [-0.25, -0.2) is 19.5 Å². The van der Waals surface area contributed by atoms with Gasteiger partial charge in [-0.1, -0.05) is 12.1 Å². The smallest absolute Gasteiger partial charge is 0.339 e. The average molecular weight is 368 g/mol. The number of methoxy groups -OCH3 is 1. The Labute approximate surface area is 147 Å². The van der Waals surface area contributed by atoms with E-state index in [2.05, 4.69) is 23.9 Å². The van der Waals surface area contributed by atoms with Crippen LogP contribution in [0.15, 0.2) is 29.1 Å². The molecule has 7 nitrogen and oxygen atoms in total. The minimum Gasteiger partial charge on any atom is -0.479 e. The Bertz CT molecular complexity index is 813. The number of carboxylic acids is 1. The number of fused-ring (bicyclic) bond motifs is 1. The van der Waals surface area contributed by atoms with E-state index in [-0.39, 0.29) is 12.4 Å². The van der Waals surface area contributed by atoms with Gasteiger partial charge < -0.3 is 14.6 Å². The minimum absolute atomic E-state index is 0.138. The van der Waals surface area contributed by atoms with E-state index < -0.39 is 27.5 Å². The number of hydrogen-bond donors (Lipinski definition) is 1. The first-order valence-electron chi connectivity index (χ1n) is 7.73. The molecule has 0 bridgehead atoms. The van der Waals surface area contributed by atoms with Gasteiger partial charge in [0.25, 0.3) is 0 Å². The van der Waals surface area contributed by atoms with Crippen molar-refractivity contribution in [1.82, 2.24) is 9.78 Å². The second-order valence-electron chi connectivity index (χ2n) is 6.52. The highest BCUT2D eigenvalue weighted by Crippen LogP contribution is 2.33. The molecule has 0 aliphatic carbocycles. The lowest BCUT2D eigenvalue weighted by atomic mass is 10.1. The monoisotopic (exact) mass is 368 g/mol. The largest absolute Gasteiger partial charge is 0.479 e. The minimum atomic E-state index is -1.41. The van der Waals surface area contributed by atoms with Gasteiger partial charge in [-0.3, -0.25) is 4.79 Å². The molecule has 0 fully saturated rings. The molecular formula is C17H24N2O5S. The van der Waals surface area contributed by atoms with E-state index in [1.165, 1.54) is 11.8 Å². The molecule has 1 aromatic carbocycles. The summed E-state index contributed by atoms with van der Waals surface area (Å²) in [6.07, 6.45) is 5.20. The second-order valence-corrected chi connectivity index (χ2v) is 11.1. The van der Waals surface area contributed by atoms with E-state index in [1.54, 1.807) is 24.3 Å². The fourth-order valence-corrected chi connectivity index (χ4v) is 2.94. The molecule has 1 N–H and O–H groups in total. The van der Waals surface area contributed by atoms with Crippen LogP contribution in [0.2, 0.25) is 0 Å². The fraction of sp³-hybridized carbons (Fsp3) is 0.471. The topological polar surface area (TPSA) is 90.7 Å². The summed E-state index contributed by atoms with van der Waals surface area (Å²) in [7, 11) is 0.571. The number of hydrogen-bond acceptors (Lipinski definition) is 5. The van der Waals surface area contributed by atoms with Gasteiger partial charge in [0, 0.05) is 18.2 Å². The van der Waals surface area contributed by atoms with Crippen molar-refractivity contribution in [3.8, 4) is 0 Å². The number of carbonyl (C=O) groups is 1. The highest BCUT2D eigenvalue weighted by molar-refractivity contribution is 8.32. The molecule has 2 rings (SSSR count). The Kier molecular flexibility index (Phi) is 6.21. The Hall–Kier alpha value is -1.90. The molecule has 0 amide bonds. The zero-order valence-corrected chi connectivity index (χ0v) is 15.7. The predicted octanol–water partition coefficient (Wildman–Crippen LogP) is 1.84.